The van der Waals surface area contributed by atoms with Crippen molar-refractivity contribution >= 4 is 16.9 Å². The predicted molar refractivity (Wildman–Crippen MR) is 95.8 cm³/mol. The van der Waals surface area contributed by atoms with E-state index in [9.17, 15) is 0 Å². The highest BCUT2D eigenvalue weighted by Crippen LogP contribution is 2.48. The Morgan fingerprint density at radius 1 is 1.26 bits per heavy atom. The van der Waals surface area contributed by atoms with Crippen molar-refractivity contribution in [2.45, 2.75) is 38.1 Å². The zero-order chi connectivity index (χ0) is 16.1. The van der Waals surface area contributed by atoms with E-state index in [1.54, 1.807) is 0 Å². The minimum absolute atomic E-state index is 0.0895. The van der Waals surface area contributed by atoms with Crippen LogP contribution in [0.3, 0.4) is 0 Å². The van der Waals surface area contributed by atoms with Crippen LogP contribution >= 0.6 is 11.8 Å². The van der Waals surface area contributed by atoms with E-state index in [4.69, 9.17) is 4.99 Å². The van der Waals surface area contributed by atoms with Crippen LogP contribution in [-0.4, -0.2) is 31.4 Å². The smallest absolute Gasteiger partial charge is 0.160 e. The second-order valence-electron chi connectivity index (χ2n) is 6.52. The van der Waals surface area contributed by atoms with Gasteiger partial charge in [-0.1, -0.05) is 24.8 Å². The molecule has 0 aliphatic carbocycles. The molecule has 5 heteroatoms. The topological polar surface area (TPSA) is 33.4 Å². The third-order valence-corrected chi connectivity index (χ3v) is 6.12. The summed E-state index contributed by atoms with van der Waals surface area (Å²) in [6.45, 7) is 7.72. The van der Waals surface area contributed by atoms with Crippen LogP contribution in [0.25, 0.3) is 0 Å². The maximum Gasteiger partial charge on any atom is 0.160 e. The molecule has 0 amide bonds. The first-order chi connectivity index (χ1) is 11.1. The Labute approximate surface area is 141 Å². The maximum absolute atomic E-state index is 5.04. The van der Waals surface area contributed by atoms with Crippen LogP contribution < -0.4 is 0 Å². The van der Waals surface area contributed by atoms with Gasteiger partial charge in [-0.05, 0) is 37.6 Å². The summed E-state index contributed by atoms with van der Waals surface area (Å²) in [5, 5.41) is 1.78. The molecule has 120 valence electrons. The van der Waals surface area contributed by atoms with Gasteiger partial charge in [0, 0.05) is 36.4 Å². The molecule has 1 saturated heterocycles. The molecule has 0 N–H and O–H groups in total. The molecule has 0 spiro atoms. The molecule has 2 aliphatic rings. The van der Waals surface area contributed by atoms with E-state index in [2.05, 4.69) is 60.5 Å². The first-order valence-electron chi connectivity index (χ1n) is 8.11. The molecule has 0 aromatic carbocycles. The number of hydrogen-bond acceptors (Lipinski definition) is 4. The molecule has 4 heterocycles. The number of nitrogens with zero attached hydrogens (tertiary/aromatic N) is 4. The average Bonchev–Trinajstić information content (AvgIpc) is 3.15. The van der Waals surface area contributed by atoms with Crippen molar-refractivity contribution in [3.8, 4) is 0 Å². The van der Waals surface area contributed by atoms with Crippen LogP contribution in [0.2, 0.25) is 0 Å². The van der Waals surface area contributed by atoms with Crippen LogP contribution in [0, 0.1) is 13.8 Å². The van der Waals surface area contributed by atoms with Gasteiger partial charge in [0.1, 0.15) is 6.04 Å². The number of hydrogen-bond donors (Lipinski definition) is 0. The molecule has 3 atom stereocenters. The Bertz CT molecular complexity index is 765. The van der Waals surface area contributed by atoms with Crippen molar-refractivity contribution in [3.05, 3.63) is 53.1 Å². The highest BCUT2D eigenvalue weighted by Gasteiger charge is 2.44. The number of fused-ring (bicyclic) bond motifs is 1. The highest BCUT2D eigenvalue weighted by atomic mass is 32.2. The summed E-state index contributed by atoms with van der Waals surface area (Å²) in [5.41, 5.74) is 5.07. The number of aromatic nitrogens is 2. The molecule has 2 aromatic heterocycles. The highest BCUT2D eigenvalue weighted by molar-refractivity contribution is 8.14. The maximum atomic E-state index is 5.04. The summed E-state index contributed by atoms with van der Waals surface area (Å²) in [4.78, 5) is 12.1. The lowest BCUT2D eigenvalue weighted by Crippen LogP contribution is -2.28. The Morgan fingerprint density at radius 2 is 2.09 bits per heavy atom. The molecule has 23 heavy (non-hydrogen) atoms. The average molecular weight is 326 g/mol. The van der Waals surface area contributed by atoms with Gasteiger partial charge in [-0.15, -0.1) is 0 Å². The Morgan fingerprint density at radius 3 is 2.74 bits per heavy atom. The fourth-order valence-electron chi connectivity index (χ4n) is 3.64. The second-order valence-corrected chi connectivity index (χ2v) is 7.93. The minimum atomic E-state index is 0.0895. The van der Waals surface area contributed by atoms with Gasteiger partial charge >= 0.3 is 0 Å². The van der Waals surface area contributed by atoms with Crippen molar-refractivity contribution in [3.63, 3.8) is 0 Å². The molecular formula is C18H22N4S. The molecule has 2 aromatic rings. The number of thioether (sulfide) groups is 1. The first-order valence-corrected chi connectivity index (χ1v) is 8.99. The van der Waals surface area contributed by atoms with Crippen LogP contribution in [0.5, 0.6) is 0 Å². The lowest BCUT2D eigenvalue weighted by atomic mass is 9.96. The number of amidine groups is 1. The quantitative estimate of drug-likeness (QED) is 0.845. The zero-order valence-electron chi connectivity index (χ0n) is 14.0. The lowest BCUT2D eigenvalue weighted by Gasteiger charge is -2.27. The summed E-state index contributed by atoms with van der Waals surface area (Å²) in [6.07, 6.45) is 1.87. The van der Waals surface area contributed by atoms with Gasteiger partial charge in [0.2, 0.25) is 0 Å². The van der Waals surface area contributed by atoms with E-state index in [1.165, 1.54) is 22.1 Å². The van der Waals surface area contributed by atoms with E-state index < -0.39 is 0 Å². The Kier molecular flexibility index (Phi) is 3.48. The normalized spacial score (nSPS) is 26.5. The van der Waals surface area contributed by atoms with E-state index in [0.29, 0.717) is 5.25 Å². The molecule has 0 unspecified atom stereocenters. The molecule has 0 bridgehead atoms. The van der Waals surface area contributed by atoms with Gasteiger partial charge in [0.25, 0.3) is 0 Å². The molecule has 1 fully saturated rings. The molecule has 4 rings (SSSR count). The third kappa shape index (κ3) is 2.29. The van der Waals surface area contributed by atoms with Crippen LogP contribution in [0.1, 0.15) is 41.7 Å². The third-order valence-electron chi connectivity index (χ3n) is 5.01. The van der Waals surface area contributed by atoms with Gasteiger partial charge in [-0.2, -0.15) is 0 Å². The summed E-state index contributed by atoms with van der Waals surface area (Å²) in [5.74, 6) is 0. The van der Waals surface area contributed by atoms with Crippen molar-refractivity contribution in [1.29, 1.82) is 0 Å². The van der Waals surface area contributed by atoms with E-state index in [0.717, 1.165) is 12.2 Å². The summed E-state index contributed by atoms with van der Waals surface area (Å²) < 4.78 is 2.27. The summed E-state index contributed by atoms with van der Waals surface area (Å²) in [6, 6.07) is 8.80. The first kappa shape index (κ1) is 14.8. The summed E-state index contributed by atoms with van der Waals surface area (Å²) >= 11 is 1.89. The number of rotatable bonds is 2. The van der Waals surface area contributed by atoms with Gasteiger partial charge < -0.3 is 9.47 Å². The lowest BCUT2D eigenvalue weighted by molar-refractivity contribution is 0.320. The summed E-state index contributed by atoms with van der Waals surface area (Å²) in [7, 11) is 2.14. The van der Waals surface area contributed by atoms with Gasteiger partial charge in [0.15, 0.2) is 5.17 Å². The van der Waals surface area contributed by atoms with E-state index in [1.807, 2.05) is 24.0 Å². The Balaban J connectivity index is 1.82. The van der Waals surface area contributed by atoms with Crippen LogP contribution in [-0.2, 0) is 7.05 Å². The fraction of sp³-hybridized carbons (Fsp3) is 0.444. The molecular weight excluding hydrogens is 304 g/mol. The van der Waals surface area contributed by atoms with E-state index in [-0.39, 0.29) is 12.1 Å². The van der Waals surface area contributed by atoms with Crippen LogP contribution in [0.15, 0.2) is 35.5 Å². The number of aryl methyl sites for hydroxylation is 1. The second kappa shape index (κ2) is 5.41. The molecule has 0 radical (unpaired) electrons. The van der Waals surface area contributed by atoms with Crippen molar-refractivity contribution in [2.75, 3.05) is 6.54 Å². The monoisotopic (exact) mass is 326 g/mol. The van der Waals surface area contributed by atoms with Crippen molar-refractivity contribution in [2.24, 2.45) is 12.0 Å². The minimum Gasteiger partial charge on any atom is -0.352 e. The van der Waals surface area contributed by atoms with E-state index >= 15 is 0 Å². The largest absolute Gasteiger partial charge is 0.352 e. The fourth-order valence-corrected chi connectivity index (χ4v) is 4.73. The van der Waals surface area contributed by atoms with Gasteiger partial charge in [-0.3, -0.25) is 9.98 Å². The predicted octanol–water partition coefficient (Wildman–Crippen LogP) is 3.63. The van der Waals surface area contributed by atoms with Gasteiger partial charge in [0.05, 0.1) is 11.7 Å². The molecule has 0 saturated carbocycles. The zero-order valence-corrected chi connectivity index (χ0v) is 14.8. The molecule has 2 aliphatic heterocycles. The van der Waals surface area contributed by atoms with Gasteiger partial charge in [-0.25, -0.2) is 0 Å². The standard InChI is InChI=1S/C18H22N4S/c1-11-9-14(13(3)21(11)4)17-16(15-7-5-6-8-19-15)20-18-22(17)10-12(2)23-18/h5-9,12,16-17H,10H2,1-4H3/t12-,16+,17-/m1/s1. The van der Waals surface area contributed by atoms with Crippen molar-refractivity contribution < 1.29 is 0 Å². The number of pyridine rings is 1. The van der Waals surface area contributed by atoms with Crippen LogP contribution in [0.4, 0.5) is 0 Å². The van der Waals surface area contributed by atoms with Crippen molar-refractivity contribution in [1.82, 2.24) is 14.5 Å². The Hall–Kier alpha value is -1.75. The number of aliphatic imine (C=N–C) groups is 1. The SMILES string of the molecule is Cc1cc([C@@H]2[C@H](c3ccccn3)N=C3S[C@H](C)CN32)c(C)n1C. The molecule has 4 nitrogen and oxygen atoms in total.